The molecule has 0 fully saturated rings. The molecule has 3 nitrogen and oxygen atoms in total. The summed E-state index contributed by atoms with van der Waals surface area (Å²) in [6.07, 6.45) is 3.73. The predicted molar refractivity (Wildman–Crippen MR) is 78.2 cm³/mol. The third kappa shape index (κ3) is 2.14. The molecule has 0 amide bonds. The minimum atomic E-state index is 0.572. The molecular formula is C16H21N3. The number of rotatable bonds is 2. The van der Waals surface area contributed by atoms with Gasteiger partial charge in [-0.25, -0.2) is 0 Å². The van der Waals surface area contributed by atoms with E-state index in [2.05, 4.69) is 41.0 Å². The number of nitrogen functional groups attached to an aromatic ring is 1. The van der Waals surface area contributed by atoms with Gasteiger partial charge in [0.15, 0.2) is 0 Å². The fourth-order valence-corrected chi connectivity index (χ4v) is 3.14. The third-order valence-electron chi connectivity index (χ3n) is 4.32. The number of hydrogen-bond donors (Lipinski definition) is 1. The van der Waals surface area contributed by atoms with E-state index in [1.807, 2.05) is 6.92 Å². The average Bonchev–Trinajstić information content (AvgIpc) is 2.67. The van der Waals surface area contributed by atoms with Gasteiger partial charge >= 0.3 is 0 Å². The number of benzene rings is 1. The van der Waals surface area contributed by atoms with Gasteiger partial charge in [0, 0.05) is 12.5 Å². The van der Waals surface area contributed by atoms with Gasteiger partial charge in [0.25, 0.3) is 0 Å². The minimum Gasteiger partial charge on any atom is -0.396 e. The second kappa shape index (κ2) is 4.72. The molecule has 2 N–H and O–H groups in total. The monoisotopic (exact) mass is 255 g/mol. The molecule has 0 spiro atoms. The van der Waals surface area contributed by atoms with E-state index >= 15 is 0 Å². The molecule has 1 atom stereocenters. The van der Waals surface area contributed by atoms with Gasteiger partial charge in [0.1, 0.15) is 0 Å². The van der Waals surface area contributed by atoms with Crippen molar-refractivity contribution in [2.24, 2.45) is 0 Å². The van der Waals surface area contributed by atoms with Crippen LogP contribution in [0.2, 0.25) is 0 Å². The van der Waals surface area contributed by atoms with Crippen molar-refractivity contribution in [3.63, 3.8) is 0 Å². The van der Waals surface area contributed by atoms with E-state index in [0.29, 0.717) is 5.92 Å². The van der Waals surface area contributed by atoms with Crippen LogP contribution in [0.25, 0.3) is 0 Å². The number of aromatic nitrogens is 2. The maximum Gasteiger partial charge on any atom is 0.0825 e. The average molecular weight is 255 g/mol. The Morgan fingerprint density at radius 2 is 2.11 bits per heavy atom. The smallest absolute Gasteiger partial charge is 0.0825 e. The Kier molecular flexibility index (Phi) is 3.05. The largest absolute Gasteiger partial charge is 0.396 e. The lowest BCUT2D eigenvalue weighted by molar-refractivity contribution is 0.450. The maximum absolute atomic E-state index is 6.02. The SMILES string of the molecule is Cc1nn(CC2CCCc3ccccc32)c(C)c1N. The highest BCUT2D eigenvalue weighted by Crippen LogP contribution is 2.33. The van der Waals surface area contributed by atoms with Gasteiger partial charge in [-0.1, -0.05) is 24.3 Å². The summed E-state index contributed by atoms with van der Waals surface area (Å²) in [5, 5.41) is 4.57. The first kappa shape index (κ1) is 12.3. The lowest BCUT2D eigenvalue weighted by atomic mass is 9.83. The zero-order chi connectivity index (χ0) is 13.4. The second-order valence-electron chi connectivity index (χ2n) is 5.55. The first-order valence-corrected chi connectivity index (χ1v) is 7.04. The maximum atomic E-state index is 6.02. The number of aryl methyl sites for hydroxylation is 2. The molecular weight excluding hydrogens is 234 g/mol. The second-order valence-corrected chi connectivity index (χ2v) is 5.55. The molecule has 1 unspecified atom stereocenters. The van der Waals surface area contributed by atoms with Crippen LogP contribution in [0.3, 0.4) is 0 Å². The molecule has 0 saturated carbocycles. The highest BCUT2D eigenvalue weighted by Gasteiger charge is 2.21. The van der Waals surface area contributed by atoms with Crippen molar-refractivity contribution >= 4 is 5.69 Å². The fourth-order valence-electron chi connectivity index (χ4n) is 3.14. The summed E-state index contributed by atoms with van der Waals surface area (Å²) in [6, 6.07) is 8.82. The van der Waals surface area contributed by atoms with Gasteiger partial charge < -0.3 is 5.73 Å². The molecule has 19 heavy (non-hydrogen) atoms. The number of nitrogens with two attached hydrogens (primary N) is 1. The molecule has 0 bridgehead atoms. The summed E-state index contributed by atoms with van der Waals surface area (Å²) in [5.74, 6) is 0.572. The van der Waals surface area contributed by atoms with Crippen LogP contribution in [0.5, 0.6) is 0 Å². The van der Waals surface area contributed by atoms with Crippen LogP contribution in [0.1, 0.15) is 41.3 Å². The molecule has 3 heteroatoms. The summed E-state index contributed by atoms with van der Waals surface area (Å²) in [6.45, 7) is 4.98. The van der Waals surface area contributed by atoms with Crippen LogP contribution in [0.4, 0.5) is 5.69 Å². The Bertz CT molecular complexity index is 598. The Balaban J connectivity index is 1.90. The summed E-state index contributed by atoms with van der Waals surface area (Å²) in [4.78, 5) is 0. The van der Waals surface area contributed by atoms with Gasteiger partial charge in [-0.05, 0) is 44.2 Å². The van der Waals surface area contributed by atoms with Crippen LogP contribution < -0.4 is 5.73 Å². The molecule has 3 rings (SSSR count). The lowest BCUT2D eigenvalue weighted by Crippen LogP contribution is -2.17. The van der Waals surface area contributed by atoms with Gasteiger partial charge in [-0.15, -0.1) is 0 Å². The fraction of sp³-hybridized carbons (Fsp3) is 0.438. The molecule has 100 valence electrons. The number of nitrogens with zero attached hydrogens (tertiary/aromatic N) is 2. The van der Waals surface area contributed by atoms with Crippen LogP contribution in [0.15, 0.2) is 24.3 Å². The molecule has 1 aromatic heterocycles. The summed E-state index contributed by atoms with van der Waals surface area (Å²) < 4.78 is 2.08. The summed E-state index contributed by atoms with van der Waals surface area (Å²) in [7, 11) is 0. The van der Waals surface area contributed by atoms with Gasteiger partial charge in [-0.3, -0.25) is 4.68 Å². The first-order chi connectivity index (χ1) is 9.16. The number of fused-ring (bicyclic) bond motifs is 1. The highest BCUT2D eigenvalue weighted by molar-refractivity contribution is 5.47. The predicted octanol–water partition coefficient (Wildman–Crippen LogP) is 3.20. The normalized spacial score (nSPS) is 18.3. The number of anilines is 1. The zero-order valence-electron chi connectivity index (χ0n) is 11.7. The quantitative estimate of drug-likeness (QED) is 0.895. The Labute approximate surface area is 114 Å². The Morgan fingerprint density at radius 3 is 2.84 bits per heavy atom. The van der Waals surface area contributed by atoms with E-state index < -0.39 is 0 Å². The van der Waals surface area contributed by atoms with E-state index in [0.717, 1.165) is 23.6 Å². The molecule has 0 radical (unpaired) electrons. The van der Waals surface area contributed by atoms with Gasteiger partial charge in [0.2, 0.25) is 0 Å². The summed E-state index contributed by atoms with van der Waals surface area (Å²) >= 11 is 0. The van der Waals surface area contributed by atoms with Crippen molar-refractivity contribution in [2.45, 2.75) is 45.6 Å². The van der Waals surface area contributed by atoms with Crippen molar-refractivity contribution in [3.8, 4) is 0 Å². The number of hydrogen-bond acceptors (Lipinski definition) is 2. The molecule has 2 aromatic rings. The zero-order valence-corrected chi connectivity index (χ0v) is 11.7. The molecule has 0 saturated heterocycles. The third-order valence-corrected chi connectivity index (χ3v) is 4.32. The standard InChI is InChI=1S/C16H21N3/c1-11-16(17)12(2)19(18-11)10-14-8-5-7-13-6-3-4-9-15(13)14/h3-4,6,9,14H,5,7-8,10,17H2,1-2H3. The highest BCUT2D eigenvalue weighted by atomic mass is 15.3. The van der Waals surface area contributed by atoms with Crippen LogP contribution in [0, 0.1) is 13.8 Å². The molecule has 1 heterocycles. The van der Waals surface area contributed by atoms with E-state index in [1.54, 1.807) is 0 Å². The van der Waals surface area contributed by atoms with Crippen LogP contribution in [-0.2, 0) is 13.0 Å². The molecule has 1 aliphatic carbocycles. The topological polar surface area (TPSA) is 43.8 Å². The van der Waals surface area contributed by atoms with Gasteiger partial charge in [0.05, 0.1) is 17.1 Å². The Hall–Kier alpha value is -1.77. The van der Waals surface area contributed by atoms with E-state index in [9.17, 15) is 0 Å². The van der Waals surface area contributed by atoms with Crippen molar-refractivity contribution in [1.29, 1.82) is 0 Å². The Morgan fingerprint density at radius 1 is 1.32 bits per heavy atom. The van der Waals surface area contributed by atoms with Crippen molar-refractivity contribution < 1.29 is 0 Å². The molecule has 1 aromatic carbocycles. The van der Waals surface area contributed by atoms with Crippen molar-refractivity contribution in [3.05, 3.63) is 46.8 Å². The van der Waals surface area contributed by atoms with Crippen LogP contribution in [-0.4, -0.2) is 9.78 Å². The molecule has 1 aliphatic rings. The van der Waals surface area contributed by atoms with Crippen molar-refractivity contribution in [2.75, 3.05) is 5.73 Å². The lowest BCUT2D eigenvalue weighted by Gasteiger charge is -2.25. The van der Waals surface area contributed by atoms with Gasteiger partial charge in [-0.2, -0.15) is 5.10 Å². The minimum absolute atomic E-state index is 0.572. The first-order valence-electron chi connectivity index (χ1n) is 7.04. The van der Waals surface area contributed by atoms with E-state index in [1.165, 1.54) is 30.4 Å². The van der Waals surface area contributed by atoms with E-state index in [4.69, 9.17) is 5.73 Å². The van der Waals surface area contributed by atoms with E-state index in [-0.39, 0.29) is 0 Å². The summed E-state index contributed by atoms with van der Waals surface area (Å²) in [5.41, 5.74) is 11.9. The molecule has 0 aliphatic heterocycles. The van der Waals surface area contributed by atoms with Crippen LogP contribution >= 0.6 is 0 Å². The van der Waals surface area contributed by atoms with Crippen molar-refractivity contribution in [1.82, 2.24) is 9.78 Å².